The van der Waals surface area contributed by atoms with Gasteiger partial charge in [0.05, 0.1) is 14.2 Å². The van der Waals surface area contributed by atoms with Crippen LogP contribution in [0.4, 0.5) is 5.69 Å². The minimum Gasteiger partial charge on any atom is -0.497 e. The molecule has 1 aliphatic rings. The second-order valence-electron chi connectivity index (χ2n) is 7.04. The summed E-state index contributed by atoms with van der Waals surface area (Å²) in [6.45, 7) is 7.23. The maximum atomic E-state index is 5.39. The highest BCUT2D eigenvalue weighted by Gasteiger charge is 2.25. The molecule has 0 bridgehead atoms. The van der Waals surface area contributed by atoms with E-state index in [9.17, 15) is 0 Å². The lowest BCUT2D eigenvalue weighted by Gasteiger charge is -2.25. The van der Waals surface area contributed by atoms with Crippen molar-refractivity contribution < 1.29 is 9.47 Å². The van der Waals surface area contributed by atoms with Gasteiger partial charge < -0.3 is 25.0 Å². The molecule has 6 nitrogen and oxygen atoms in total. The Morgan fingerprint density at radius 2 is 1.92 bits per heavy atom. The summed E-state index contributed by atoms with van der Waals surface area (Å²) in [6.07, 6.45) is 3.20. The summed E-state index contributed by atoms with van der Waals surface area (Å²) in [6, 6.07) is 6.36. The molecule has 1 unspecified atom stereocenters. The minimum atomic E-state index is 0.177. The molecule has 0 aromatic heterocycles. The first-order valence-corrected chi connectivity index (χ1v) is 10.1. The first-order valence-electron chi connectivity index (χ1n) is 8.91. The second-order valence-corrected chi connectivity index (χ2v) is 8.55. The molecule has 1 saturated heterocycles. The summed E-state index contributed by atoms with van der Waals surface area (Å²) in [7, 11) is 5.18. The van der Waals surface area contributed by atoms with Crippen molar-refractivity contribution in [2.75, 3.05) is 52.1 Å². The molecule has 1 fully saturated rings. The van der Waals surface area contributed by atoms with E-state index >= 15 is 0 Å². The third-order valence-corrected chi connectivity index (χ3v) is 5.94. The van der Waals surface area contributed by atoms with Gasteiger partial charge in [-0.05, 0) is 26.5 Å². The third-order valence-electron chi connectivity index (χ3n) is 4.69. The number of hydrogen-bond acceptors (Lipinski definition) is 5. The molecule has 0 spiro atoms. The smallest absolute Gasteiger partial charge is 0.191 e. The zero-order chi connectivity index (χ0) is 19.2. The molecule has 0 saturated carbocycles. The molecule has 1 aromatic rings. The fourth-order valence-electron chi connectivity index (χ4n) is 2.84. The van der Waals surface area contributed by atoms with Crippen molar-refractivity contribution in [3.05, 3.63) is 18.2 Å². The highest BCUT2D eigenvalue weighted by atomic mass is 32.2. The van der Waals surface area contributed by atoms with Crippen molar-refractivity contribution in [1.82, 2.24) is 10.6 Å². The first-order chi connectivity index (χ1) is 12.4. The summed E-state index contributed by atoms with van der Waals surface area (Å²) in [4.78, 5) is 6.72. The topological polar surface area (TPSA) is 58.1 Å². The predicted octanol–water partition coefficient (Wildman–Crippen LogP) is 2.59. The van der Waals surface area contributed by atoms with E-state index < -0.39 is 0 Å². The lowest BCUT2D eigenvalue weighted by Crippen LogP contribution is -2.47. The molecule has 1 heterocycles. The van der Waals surface area contributed by atoms with E-state index in [1.165, 1.54) is 0 Å². The number of benzene rings is 1. The number of ether oxygens (including phenoxy) is 2. The number of rotatable bonds is 7. The number of methoxy groups -OCH3 is 2. The van der Waals surface area contributed by atoms with Crippen LogP contribution in [-0.2, 0) is 0 Å². The van der Waals surface area contributed by atoms with Crippen molar-refractivity contribution in [3.8, 4) is 11.5 Å². The second kappa shape index (κ2) is 9.26. The molecule has 1 atom stereocenters. The quantitative estimate of drug-likeness (QED) is 0.560. The third kappa shape index (κ3) is 5.62. The molecular weight excluding hydrogens is 348 g/mol. The normalized spacial score (nSPS) is 18.0. The van der Waals surface area contributed by atoms with Gasteiger partial charge in [-0.15, -0.1) is 0 Å². The number of anilines is 1. The summed E-state index contributed by atoms with van der Waals surface area (Å²) >= 11 is 1.85. The van der Waals surface area contributed by atoms with Gasteiger partial charge in [-0.3, -0.25) is 4.99 Å². The van der Waals surface area contributed by atoms with Gasteiger partial charge in [0.15, 0.2) is 5.96 Å². The SMILES string of the molecule is CN=C(NCC(C)(C)SC)NC1CCN(c2cc(OC)cc(OC)c2)C1. The van der Waals surface area contributed by atoms with Gasteiger partial charge in [0.2, 0.25) is 0 Å². The summed E-state index contributed by atoms with van der Waals surface area (Å²) in [5.41, 5.74) is 1.12. The summed E-state index contributed by atoms with van der Waals surface area (Å²) < 4.78 is 11.0. The van der Waals surface area contributed by atoms with Crippen LogP contribution in [0.5, 0.6) is 11.5 Å². The van der Waals surface area contributed by atoms with Crippen molar-refractivity contribution in [1.29, 1.82) is 0 Å². The van der Waals surface area contributed by atoms with Crippen LogP contribution in [-0.4, -0.2) is 63.9 Å². The maximum absolute atomic E-state index is 5.39. The highest BCUT2D eigenvalue weighted by Crippen LogP contribution is 2.30. The van der Waals surface area contributed by atoms with Crippen LogP contribution in [0, 0.1) is 0 Å². The van der Waals surface area contributed by atoms with Gasteiger partial charge in [-0.1, -0.05) is 0 Å². The number of hydrogen-bond donors (Lipinski definition) is 2. The lowest BCUT2D eigenvalue weighted by molar-refractivity contribution is 0.394. The van der Waals surface area contributed by atoms with Crippen LogP contribution in [0.2, 0.25) is 0 Å². The van der Waals surface area contributed by atoms with Gasteiger partial charge in [-0.2, -0.15) is 11.8 Å². The average Bonchev–Trinajstić information content (AvgIpc) is 3.13. The van der Waals surface area contributed by atoms with E-state index in [0.29, 0.717) is 6.04 Å². The average molecular weight is 381 g/mol. The molecule has 0 amide bonds. The van der Waals surface area contributed by atoms with E-state index in [4.69, 9.17) is 9.47 Å². The van der Waals surface area contributed by atoms with Gasteiger partial charge >= 0.3 is 0 Å². The summed E-state index contributed by atoms with van der Waals surface area (Å²) in [5.74, 6) is 2.49. The van der Waals surface area contributed by atoms with E-state index in [0.717, 1.165) is 49.2 Å². The largest absolute Gasteiger partial charge is 0.497 e. The molecule has 2 N–H and O–H groups in total. The Balaban J connectivity index is 1.95. The molecule has 0 aliphatic carbocycles. The highest BCUT2D eigenvalue weighted by molar-refractivity contribution is 7.99. The Morgan fingerprint density at radius 1 is 1.27 bits per heavy atom. The van der Waals surface area contributed by atoms with E-state index in [1.54, 1.807) is 14.2 Å². The molecule has 26 heavy (non-hydrogen) atoms. The monoisotopic (exact) mass is 380 g/mol. The molecule has 146 valence electrons. The van der Waals surface area contributed by atoms with Gasteiger partial charge in [0.1, 0.15) is 11.5 Å². The van der Waals surface area contributed by atoms with Crippen LogP contribution in [0.15, 0.2) is 23.2 Å². The van der Waals surface area contributed by atoms with Crippen LogP contribution in [0.1, 0.15) is 20.3 Å². The van der Waals surface area contributed by atoms with Crippen LogP contribution in [0.25, 0.3) is 0 Å². The number of aliphatic imine (C=N–C) groups is 1. The van der Waals surface area contributed by atoms with E-state index in [1.807, 2.05) is 24.9 Å². The van der Waals surface area contributed by atoms with Crippen LogP contribution in [0.3, 0.4) is 0 Å². The fraction of sp³-hybridized carbons (Fsp3) is 0.632. The van der Waals surface area contributed by atoms with E-state index in [2.05, 4.69) is 52.8 Å². The molecular formula is C19H32N4O2S. The van der Waals surface area contributed by atoms with Crippen LogP contribution < -0.4 is 25.0 Å². The van der Waals surface area contributed by atoms with Gasteiger partial charge in [-0.25, -0.2) is 0 Å². The molecule has 7 heteroatoms. The summed E-state index contributed by atoms with van der Waals surface area (Å²) in [5, 5.41) is 6.98. The minimum absolute atomic E-state index is 0.177. The van der Waals surface area contributed by atoms with Crippen molar-refractivity contribution in [2.45, 2.75) is 31.1 Å². The van der Waals surface area contributed by atoms with Crippen LogP contribution >= 0.6 is 11.8 Å². The maximum Gasteiger partial charge on any atom is 0.191 e. The zero-order valence-corrected chi connectivity index (χ0v) is 17.6. The molecule has 1 aromatic carbocycles. The number of guanidine groups is 1. The van der Waals surface area contributed by atoms with E-state index in [-0.39, 0.29) is 4.75 Å². The number of nitrogens with zero attached hydrogens (tertiary/aromatic N) is 2. The Morgan fingerprint density at radius 3 is 2.46 bits per heavy atom. The Bertz CT molecular complexity index is 599. The van der Waals surface area contributed by atoms with Crippen molar-refractivity contribution >= 4 is 23.4 Å². The molecule has 0 radical (unpaired) electrons. The Kier molecular flexibility index (Phi) is 7.32. The van der Waals surface area contributed by atoms with Gasteiger partial charge in [0.25, 0.3) is 0 Å². The Labute approximate surface area is 161 Å². The van der Waals surface area contributed by atoms with Crippen molar-refractivity contribution in [2.24, 2.45) is 4.99 Å². The predicted molar refractivity (Wildman–Crippen MR) is 112 cm³/mol. The van der Waals surface area contributed by atoms with Crippen molar-refractivity contribution in [3.63, 3.8) is 0 Å². The first kappa shape index (κ1) is 20.6. The lowest BCUT2D eigenvalue weighted by atomic mass is 10.2. The molecule has 2 rings (SSSR count). The molecule has 1 aliphatic heterocycles. The number of thioether (sulfide) groups is 1. The number of nitrogens with one attached hydrogen (secondary N) is 2. The Hall–Kier alpha value is -1.76. The standard InChI is InChI=1S/C19H32N4O2S/c1-19(2,26-6)13-21-18(20-3)22-14-7-8-23(12-14)15-9-16(24-4)11-17(10-15)25-5/h9-11,14H,7-8,12-13H2,1-6H3,(H2,20,21,22). The fourth-order valence-corrected chi connectivity index (χ4v) is 3.06. The van der Waals surface area contributed by atoms with Gasteiger partial charge in [0, 0.05) is 61.4 Å². The zero-order valence-electron chi connectivity index (χ0n) is 16.8.